The SMILES string of the molecule is COc1ccc(Cl)cc1NC(=O)[C@H](C)[NH+]1CCN(c2ccccc2O)CC1. The van der Waals surface area contributed by atoms with Crippen molar-refractivity contribution in [2.45, 2.75) is 13.0 Å². The minimum atomic E-state index is -0.208. The topological polar surface area (TPSA) is 66.2 Å². The maximum atomic E-state index is 12.7. The summed E-state index contributed by atoms with van der Waals surface area (Å²) in [5, 5.41) is 13.5. The van der Waals surface area contributed by atoms with Crippen molar-refractivity contribution in [3.63, 3.8) is 0 Å². The number of quaternary nitrogens is 1. The van der Waals surface area contributed by atoms with Gasteiger partial charge in [-0.3, -0.25) is 4.79 Å². The fourth-order valence-corrected chi connectivity index (χ4v) is 3.58. The van der Waals surface area contributed by atoms with Gasteiger partial charge < -0.3 is 25.0 Å². The summed E-state index contributed by atoms with van der Waals surface area (Å²) in [6.07, 6.45) is 0. The highest BCUT2D eigenvalue weighted by atomic mass is 35.5. The molecule has 3 N–H and O–H groups in total. The Kier molecular flexibility index (Phi) is 6.08. The van der Waals surface area contributed by atoms with Crippen LogP contribution in [-0.4, -0.2) is 50.3 Å². The van der Waals surface area contributed by atoms with Gasteiger partial charge in [-0.15, -0.1) is 0 Å². The van der Waals surface area contributed by atoms with Gasteiger partial charge in [0.2, 0.25) is 0 Å². The van der Waals surface area contributed by atoms with Crippen LogP contribution in [-0.2, 0) is 4.79 Å². The van der Waals surface area contributed by atoms with Gasteiger partial charge in [0.25, 0.3) is 5.91 Å². The van der Waals surface area contributed by atoms with Crippen molar-refractivity contribution in [2.75, 3.05) is 43.5 Å². The molecule has 144 valence electrons. The van der Waals surface area contributed by atoms with Crippen LogP contribution in [0.2, 0.25) is 5.02 Å². The fourth-order valence-electron chi connectivity index (χ4n) is 3.40. The Hall–Kier alpha value is -2.44. The Morgan fingerprint density at radius 1 is 1.26 bits per heavy atom. The summed E-state index contributed by atoms with van der Waals surface area (Å²) in [7, 11) is 1.56. The number of ether oxygens (including phenoxy) is 1. The lowest BCUT2D eigenvalue weighted by atomic mass is 10.2. The molecule has 1 aliphatic heterocycles. The van der Waals surface area contributed by atoms with Crippen LogP contribution in [0.1, 0.15) is 6.92 Å². The van der Waals surface area contributed by atoms with E-state index in [1.165, 1.54) is 4.90 Å². The van der Waals surface area contributed by atoms with Crippen LogP contribution in [0.5, 0.6) is 11.5 Å². The van der Waals surface area contributed by atoms with E-state index in [-0.39, 0.29) is 11.9 Å². The average molecular weight is 391 g/mol. The molecule has 2 aromatic carbocycles. The molecule has 0 spiro atoms. The highest BCUT2D eigenvalue weighted by Crippen LogP contribution is 2.28. The average Bonchev–Trinajstić information content (AvgIpc) is 2.68. The standard InChI is InChI=1S/C20H24ClN3O3/c1-14(20(26)22-16-13-15(21)7-8-19(16)27-2)23-9-11-24(12-10-23)17-5-3-4-6-18(17)25/h3-8,13-14,25H,9-12H2,1-2H3,(H,22,26)/p+1/t14-/m0/s1. The summed E-state index contributed by atoms with van der Waals surface area (Å²) in [6, 6.07) is 12.3. The van der Waals surface area contributed by atoms with Gasteiger partial charge in [0, 0.05) is 5.02 Å². The second-order valence-corrected chi connectivity index (χ2v) is 7.13. The zero-order valence-corrected chi connectivity index (χ0v) is 16.3. The van der Waals surface area contributed by atoms with E-state index in [1.54, 1.807) is 31.4 Å². The number of rotatable bonds is 5. The lowest BCUT2D eigenvalue weighted by Crippen LogP contribution is -3.19. The molecular weight excluding hydrogens is 366 g/mol. The maximum absolute atomic E-state index is 12.7. The number of phenols is 1. The molecule has 7 heteroatoms. The summed E-state index contributed by atoms with van der Waals surface area (Å²) in [5.41, 5.74) is 1.42. The number of anilines is 2. The van der Waals surface area contributed by atoms with E-state index in [0.29, 0.717) is 22.2 Å². The Morgan fingerprint density at radius 3 is 2.63 bits per heavy atom. The number of amides is 1. The number of hydrogen-bond acceptors (Lipinski definition) is 4. The Labute approximate surface area is 164 Å². The molecular formula is C20H25ClN3O3+. The van der Waals surface area contributed by atoms with E-state index in [1.807, 2.05) is 25.1 Å². The number of phenolic OH excluding ortho intramolecular Hbond substituents is 1. The lowest BCUT2D eigenvalue weighted by Gasteiger charge is -2.36. The smallest absolute Gasteiger partial charge is 0.282 e. The number of aromatic hydroxyl groups is 1. The van der Waals surface area contributed by atoms with Crippen LogP contribution in [0.25, 0.3) is 0 Å². The van der Waals surface area contributed by atoms with E-state index in [9.17, 15) is 9.90 Å². The minimum Gasteiger partial charge on any atom is -0.506 e. The van der Waals surface area contributed by atoms with Gasteiger partial charge in [0.15, 0.2) is 6.04 Å². The molecule has 27 heavy (non-hydrogen) atoms. The van der Waals surface area contributed by atoms with Crippen LogP contribution >= 0.6 is 11.6 Å². The molecule has 0 saturated carbocycles. The molecule has 6 nitrogen and oxygen atoms in total. The number of nitrogens with zero attached hydrogens (tertiary/aromatic N) is 1. The number of nitrogens with one attached hydrogen (secondary N) is 2. The molecule has 1 atom stereocenters. The number of benzene rings is 2. The Balaban J connectivity index is 1.61. The summed E-state index contributed by atoms with van der Waals surface area (Å²) >= 11 is 6.03. The number of hydrogen-bond donors (Lipinski definition) is 3. The zero-order valence-electron chi connectivity index (χ0n) is 15.5. The van der Waals surface area contributed by atoms with Crippen molar-refractivity contribution in [2.24, 2.45) is 0 Å². The van der Waals surface area contributed by atoms with Crippen molar-refractivity contribution in [1.29, 1.82) is 0 Å². The third-order valence-electron chi connectivity index (χ3n) is 5.05. The maximum Gasteiger partial charge on any atom is 0.282 e. The minimum absolute atomic E-state index is 0.0680. The van der Waals surface area contributed by atoms with Crippen molar-refractivity contribution < 1.29 is 19.5 Å². The van der Waals surface area contributed by atoms with Gasteiger partial charge in [-0.05, 0) is 37.3 Å². The number of halogens is 1. The predicted octanol–water partition coefficient (Wildman–Crippen LogP) is 1.79. The number of para-hydroxylation sites is 2. The molecule has 3 rings (SSSR count). The Bertz CT molecular complexity index is 807. The normalized spacial score (nSPS) is 16.0. The van der Waals surface area contributed by atoms with Crippen molar-refractivity contribution >= 4 is 28.9 Å². The van der Waals surface area contributed by atoms with E-state index >= 15 is 0 Å². The molecule has 1 saturated heterocycles. The van der Waals surface area contributed by atoms with Gasteiger partial charge in [0.1, 0.15) is 11.5 Å². The first kappa shape index (κ1) is 19.3. The first-order chi connectivity index (χ1) is 13.0. The molecule has 0 aliphatic carbocycles. The molecule has 0 unspecified atom stereocenters. The summed E-state index contributed by atoms with van der Waals surface area (Å²) in [5.74, 6) is 0.806. The summed E-state index contributed by atoms with van der Waals surface area (Å²) in [6.45, 7) is 5.12. The highest BCUT2D eigenvalue weighted by molar-refractivity contribution is 6.31. The molecule has 0 bridgehead atoms. The lowest BCUT2D eigenvalue weighted by molar-refractivity contribution is -0.914. The summed E-state index contributed by atoms with van der Waals surface area (Å²) in [4.78, 5) is 16.1. The Morgan fingerprint density at radius 2 is 1.96 bits per heavy atom. The zero-order chi connectivity index (χ0) is 19.4. The van der Waals surface area contributed by atoms with Crippen LogP contribution in [0.4, 0.5) is 11.4 Å². The second kappa shape index (κ2) is 8.50. The van der Waals surface area contributed by atoms with Gasteiger partial charge in [-0.2, -0.15) is 0 Å². The highest BCUT2D eigenvalue weighted by Gasteiger charge is 2.30. The molecule has 1 fully saturated rings. The van der Waals surface area contributed by atoms with Crippen LogP contribution in [0.3, 0.4) is 0 Å². The van der Waals surface area contributed by atoms with Crippen LogP contribution in [0.15, 0.2) is 42.5 Å². The van der Waals surface area contributed by atoms with Gasteiger partial charge in [-0.1, -0.05) is 23.7 Å². The third-order valence-corrected chi connectivity index (χ3v) is 5.29. The van der Waals surface area contributed by atoms with Gasteiger partial charge in [-0.25, -0.2) is 0 Å². The molecule has 0 aromatic heterocycles. The molecule has 1 amide bonds. The second-order valence-electron chi connectivity index (χ2n) is 6.69. The number of methoxy groups -OCH3 is 1. The number of piperazine rings is 1. The molecule has 2 aromatic rings. The first-order valence-corrected chi connectivity index (χ1v) is 9.39. The van der Waals surface area contributed by atoms with Crippen LogP contribution in [0, 0.1) is 0 Å². The van der Waals surface area contributed by atoms with E-state index in [0.717, 1.165) is 31.9 Å². The third kappa shape index (κ3) is 4.46. The number of carbonyl (C=O) groups is 1. The largest absolute Gasteiger partial charge is 0.506 e. The first-order valence-electron chi connectivity index (χ1n) is 9.01. The van der Waals surface area contributed by atoms with Gasteiger partial charge in [0.05, 0.1) is 44.7 Å². The van der Waals surface area contributed by atoms with E-state index in [4.69, 9.17) is 16.3 Å². The van der Waals surface area contributed by atoms with Crippen LogP contribution < -0.4 is 19.9 Å². The quantitative estimate of drug-likeness (QED) is 0.728. The van der Waals surface area contributed by atoms with Crippen molar-refractivity contribution in [1.82, 2.24) is 0 Å². The van der Waals surface area contributed by atoms with E-state index in [2.05, 4.69) is 10.2 Å². The fraction of sp³-hybridized carbons (Fsp3) is 0.350. The predicted molar refractivity (Wildman–Crippen MR) is 107 cm³/mol. The number of carbonyl (C=O) groups excluding carboxylic acids is 1. The van der Waals surface area contributed by atoms with E-state index < -0.39 is 0 Å². The monoisotopic (exact) mass is 390 g/mol. The van der Waals surface area contributed by atoms with Gasteiger partial charge >= 0.3 is 0 Å². The van der Waals surface area contributed by atoms with Crippen molar-refractivity contribution in [3.05, 3.63) is 47.5 Å². The molecule has 1 heterocycles. The molecule has 0 radical (unpaired) electrons. The molecule has 1 aliphatic rings. The summed E-state index contributed by atoms with van der Waals surface area (Å²) < 4.78 is 5.29. The van der Waals surface area contributed by atoms with Crippen molar-refractivity contribution in [3.8, 4) is 11.5 Å².